The summed E-state index contributed by atoms with van der Waals surface area (Å²) >= 11 is 0. The Balaban J connectivity index is 1.37. The Morgan fingerprint density at radius 1 is 1.10 bits per heavy atom. The lowest BCUT2D eigenvalue weighted by atomic mass is 10.0. The van der Waals surface area contributed by atoms with Crippen LogP contribution in [0.3, 0.4) is 0 Å². The van der Waals surface area contributed by atoms with E-state index in [0.717, 1.165) is 37.2 Å². The van der Waals surface area contributed by atoms with Gasteiger partial charge in [-0.05, 0) is 42.7 Å². The van der Waals surface area contributed by atoms with E-state index in [2.05, 4.69) is 15.2 Å². The van der Waals surface area contributed by atoms with Crippen LogP contribution in [0.4, 0.5) is 5.69 Å². The highest BCUT2D eigenvalue weighted by Crippen LogP contribution is 2.28. The number of nitrogens with zero attached hydrogens (tertiary/aromatic N) is 3. The van der Waals surface area contributed by atoms with E-state index in [0.29, 0.717) is 17.9 Å². The van der Waals surface area contributed by atoms with E-state index in [1.54, 1.807) is 12.3 Å². The highest BCUT2D eigenvalue weighted by molar-refractivity contribution is 5.93. The van der Waals surface area contributed by atoms with Crippen molar-refractivity contribution >= 4 is 17.6 Å². The molecule has 2 aromatic heterocycles. The Hall–Kier alpha value is -3.61. The molecule has 7 heteroatoms. The molecule has 0 bridgehead atoms. The van der Waals surface area contributed by atoms with Gasteiger partial charge < -0.3 is 19.5 Å². The van der Waals surface area contributed by atoms with Crippen LogP contribution in [0.1, 0.15) is 45.4 Å². The van der Waals surface area contributed by atoms with Gasteiger partial charge in [0.05, 0.1) is 7.11 Å². The molecular weight excluding hydrogens is 392 g/mol. The molecule has 1 N–H and O–H groups in total. The van der Waals surface area contributed by atoms with Crippen LogP contribution in [-0.2, 0) is 11.3 Å². The summed E-state index contributed by atoms with van der Waals surface area (Å²) in [5.74, 6) is -0.497. The van der Waals surface area contributed by atoms with Gasteiger partial charge >= 0.3 is 5.97 Å². The molecule has 4 rings (SSSR count). The molecule has 1 aliphatic heterocycles. The van der Waals surface area contributed by atoms with Gasteiger partial charge in [0, 0.05) is 43.8 Å². The van der Waals surface area contributed by atoms with E-state index in [-0.39, 0.29) is 17.9 Å². The number of piperidine rings is 1. The third kappa shape index (κ3) is 4.77. The molecule has 31 heavy (non-hydrogen) atoms. The van der Waals surface area contributed by atoms with E-state index < -0.39 is 0 Å². The molecule has 0 atom stereocenters. The average Bonchev–Trinajstić information content (AvgIpc) is 3.33. The first-order valence-electron chi connectivity index (χ1n) is 10.4. The van der Waals surface area contributed by atoms with Gasteiger partial charge in [0.1, 0.15) is 11.4 Å². The molecule has 0 aliphatic carbocycles. The molecule has 160 valence electrons. The van der Waals surface area contributed by atoms with Crippen LogP contribution in [0, 0.1) is 0 Å². The van der Waals surface area contributed by atoms with Gasteiger partial charge in [0.25, 0.3) is 5.91 Å². The number of anilines is 1. The molecule has 0 radical (unpaired) electrons. The predicted octanol–water partition coefficient (Wildman–Crippen LogP) is 3.44. The number of pyridine rings is 1. The molecule has 0 saturated carbocycles. The molecule has 0 unspecified atom stereocenters. The molecule has 3 aromatic rings. The summed E-state index contributed by atoms with van der Waals surface area (Å²) in [6, 6.07) is 17.5. The van der Waals surface area contributed by atoms with Gasteiger partial charge in [-0.2, -0.15) is 0 Å². The number of aromatic nitrogens is 2. The second kappa shape index (κ2) is 9.47. The van der Waals surface area contributed by atoms with Crippen molar-refractivity contribution in [1.29, 1.82) is 0 Å². The maximum absolute atomic E-state index is 12.6. The molecule has 1 aliphatic rings. The number of hydrogen-bond donors (Lipinski definition) is 1. The van der Waals surface area contributed by atoms with Crippen molar-refractivity contribution in [2.24, 2.45) is 0 Å². The minimum atomic E-state index is -0.312. The van der Waals surface area contributed by atoms with Crippen LogP contribution < -0.4 is 10.2 Å². The summed E-state index contributed by atoms with van der Waals surface area (Å²) in [6.45, 7) is 2.13. The van der Waals surface area contributed by atoms with Gasteiger partial charge in [-0.25, -0.2) is 4.79 Å². The number of ether oxygens (including phenoxy) is 1. The fraction of sp³-hybridized carbons (Fsp3) is 0.292. The van der Waals surface area contributed by atoms with Gasteiger partial charge in [-0.3, -0.25) is 9.78 Å². The summed E-state index contributed by atoms with van der Waals surface area (Å²) < 4.78 is 6.90. The zero-order valence-corrected chi connectivity index (χ0v) is 17.5. The maximum Gasteiger partial charge on any atom is 0.354 e. The molecule has 3 heterocycles. The van der Waals surface area contributed by atoms with Crippen molar-refractivity contribution in [2.75, 3.05) is 25.1 Å². The van der Waals surface area contributed by atoms with Crippen molar-refractivity contribution in [3.8, 4) is 0 Å². The smallest absolute Gasteiger partial charge is 0.354 e. The van der Waals surface area contributed by atoms with Crippen LogP contribution >= 0.6 is 0 Å². The second-order valence-corrected chi connectivity index (χ2v) is 7.58. The van der Waals surface area contributed by atoms with Crippen molar-refractivity contribution in [3.63, 3.8) is 0 Å². The standard InChI is InChI=1S/C24H26N4O3/c1-31-24(30)22-8-5-13-28(22)19-10-14-27(15-11-19)20-9-12-25-21(16-20)23(29)26-17-18-6-3-2-4-7-18/h2-9,12-13,16,19H,10-11,14-15,17H2,1H3,(H,26,29). The number of carbonyl (C=O) groups excluding carboxylic acids is 2. The molecule has 1 amide bonds. The predicted molar refractivity (Wildman–Crippen MR) is 118 cm³/mol. The maximum atomic E-state index is 12.6. The first-order chi connectivity index (χ1) is 15.2. The number of esters is 1. The normalized spacial score (nSPS) is 14.3. The van der Waals surface area contributed by atoms with Crippen molar-refractivity contribution in [3.05, 3.63) is 83.9 Å². The quantitative estimate of drug-likeness (QED) is 0.621. The van der Waals surface area contributed by atoms with Crippen molar-refractivity contribution < 1.29 is 14.3 Å². The van der Waals surface area contributed by atoms with Crippen LogP contribution in [0.5, 0.6) is 0 Å². The topological polar surface area (TPSA) is 76.5 Å². The Morgan fingerprint density at radius 2 is 1.87 bits per heavy atom. The first-order valence-corrected chi connectivity index (χ1v) is 10.4. The lowest BCUT2D eigenvalue weighted by Crippen LogP contribution is -2.35. The van der Waals surface area contributed by atoms with Crippen molar-refractivity contribution in [2.45, 2.75) is 25.4 Å². The van der Waals surface area contributed by atoms with E-state index >= 15 is 0 Å². The van der Waals surface area contributed by atoms with Gasteiger partial charge in [0.15, 0.2) is 0 Å². The van der Waals surface area contributed by atoms with Crippen LogP contribution in [-0.4, -0.2) is 41.6 Å². The molecule has 7 nitrogen and oxygen atoms in total. The largest absolute Gasteiger partial charge is 0.464 e. The summed E-state index contributed by atoms with van der Waals surface area (Å²) in [5, 5.41) is 2.93. The van der Waals surface area contributed by atoms with Crippen molar-refractivity contribution in [1.82, 2.24) is 14.9 Å². The molecule has 0 spiro atoms. The zero-order valence-electron chi connectivity index (χ0n) is 17.5. The Bertz CT molecular complexity index is 1040. The Kier molecular flexibility index (Phi) is 6.31. The van der Waals surface area contributed by atoms with Crippen LogP contribution in [0.15, 0.2) is 67.0 Å². The van der Waals surface area contributed by atoms with E-state index in [1.165, 1.54) is 7.11 Å². The van der Waals surface area contributed by atoms with Crippen LogP contribution in [0.25, 0.3) is 0 Å². The first kappa shape index (κ1) is 20.7. The Morgan fingerprint density at radius 3 is 2.61 bits per heavy atom. The second-order valence-electron chi connectivity index (χ2n) is 7.58. The average molecular weight is 418 g/mol. The number of amides is 1. The van der Waals surface area contributed by atoms with Crippen LogP contribution in [0.2, 0.25) is 0 Å². The number of hydrogen-bond acceptors (Lipinski definition) is 5. The van der Waals surface area contributed by atoms with E-state index in [9.17, 15) is 9.59 Å². The number of benzene rings is 1. The summed E-state index contributed by atoms with van der Waals surface area (Å²) in [5.41, 5.74) is 3.03. The van der Waals surface area contributed by atoms with E-state index in [1.807, 2.05) is 59.3 Å². The zero-order chi connectivity index (χ0) is 21.6. The molecule has 1 aromatic carbocycles. The Labute approximate surface area is 181 Å². The van der Waals surface area contributed by atoms with Gasteiger partial charge in [0.2, 0.25) is 0 Å². The van der Waals surface area contributed by atoms with Gasteiger partial charge in [-0.15, -0.1) is 0 Å². The lowest BCUT2D eigenvalue weighted by molar-refractivity contribution is 0.0584. The number of nitrogens with one attached hydrogen (secondary N) is 1. The lowest BCUT2D eigenvalue weighted by Gasteiger charge is -2.34. The minimum Gasteiger partial charge on any atom is -0.464 e. The summed E-state index contributed by atoms with van der Waals surface area (Å²) in [4.78, 5) is 31.0. The number of rotatable bonds is 6. The number of methoxy groups -OCH3 is 1. The highest BCUT2D eigenvalue weighted by Gasteiger charge is 2.24. The third-order valence-corrected chi connectivity index (χ3v) is 5.67. The van der Waals surface area contributed by atoms with Gasteiger partial charge in [-0.1, -0.05) is 30.3 Å². The summed E-state index contributed by atoms with van der Waals surface area (Å²) in [6.07, 6.45) is 5.42. The summed E-state index contributed by atoms with van der Waals surface area (Å²) in [7, 11) is 1.40. The van der Waals surface area contributed by atoms with E-state index in [4.69, 9.17) is 4.74 Å². The number of carbonyl (C=O) groups is 2. The molecular formula is C24H26N4O3. The molecule has 1 fully saturated rings. The minimum absolute atomic E-state index is 0.185. The monoisotopic (exact) mass is 418 g/mol. The fourth-order valence-corrected chi connectivity index (χ4v) is 4.00. The highest BCUT2D eigenvalue weighted by atomic mass is 16.5. The fourth-order valence-electron chi connectivity index (χ4n) is 4.00. The molecule has 1 saturated heterocycles. The SMILES string of the molecule is COC(=O)c1cccn1C1CCN(c2ccnc(C(=O)NCc3ccccc3)c2)CC1. The third-order valence-electron chi connectivity index (χ3n) is 5.67.